The first-order chi connectivity index (χ1) is 20.7. The lowest BCUT2D eigenvalue weighted by molar-refractivity contribution is 0.564. The fraction of sp³-hybridized carbons (Fsp3) is 0.122. The lowest BCUT2D eigenvalue weighted by Gasteiger charge is -2.25. The van der Waals surface area contributed by atoms with E-state index in [2.05, 4.69) is 158 Å². The van der Waals surface area contributed by atoms with Crippen molar-refractivity contribution in [2.24, 2.45) is 0 Å². The molecule has 6 aromatic carbocycles. The van der Waals surface area contributed by atoms with E-state index in [0.717, 1.165) is 12.8 Å². The number of aromatic nitrogens is 1. The van der Waals surface area contributed by atoms with Gasteiger partial charge in [0.2, 0.25) is 0 Å². The summed E-state index contributed by atoms with van der Waals surface area (Å²) in [5.74, 6) is 0. The normalized spacial score (nSPS) is 15.7. The lowest BCUT2D eigenvalue weighted by atomic mass is 9.78. The molecule has 1 aliphatic rings. The zero-order valence-electron chi connectivity index (χ0n) is 24.1. The minimum absolute atomic E-state index is 0.0607. The van der Waals surface area contributed by atoms with Crippen LogP contribution in [-0.2, 0) is 11.8 Å². The topological polar surface area (TPSA) is 4.93 Å². The smallest absolute Gasteiger partial charge is 0.0541 e. The van der Waals surface area contributed by atoms with E-state index in [1.54, 1.807) is 0 Å². The van der Waals surface area contributed by atoms with Gasteiger partial charge >= 0.3 is 0 Å². The Bertz CT molecular complexity index is 2070. The van der Waals surface area contributed by atoms with Gasteiger partial charge in [0.25, 0.3) is 0 Å². The zero-order chi connectivity index (χ0) is 28.3. The number of fused-ring (bicyclic) bond motifs is 6. The SMILES string of the molecule is CCC1(C)c2ccccc2-c2cc(-c3ccccc3Cc3ccccc3-n3c4ccccc4c4ccccc43)ccc21. The molecule has 1 nitrogen and oxygen atoms in total. The van der Waals surface area contributed by atoms with E-state index in [9.17, 15) is 0 Å². The van der Waals surface area contributed by atoms with Crippen molar-refractivity contribution in [1.29, 1.82) is 0 Å². The van der Waals surface area contributed by atoms with Crippen molar-refractivity contribution in [2.45, 2.75) is 32.1 Å². The quantitative estimate of drug-likeness (QED) is 0.205. The fourth-order valence-electron chi connectivity index (χ4n) is 7.36. The molecule has 0 fully saturated rings. The first kappa shape index (κ1) is 24.9. The summed E-state index contributed by atoms with van der Waals surface area (Å²) < 4.78 is 2.44. The lowest BCUT2D eigenvalue weighted by Crippen LogP contribution is -2.18. The number of benzene rings is 6. The highest BCUT2D eigenvalue weighted by Crippen LogP contribution is 2.51. The van der Waals surface area contributed by atoms with Crippen molar-refractivity contribution in [2.75, 3.05) is 0 Å². The maximum absolute atomic E-state index is 2.44. The van der Waals surface area contributed by atoms with E-state index in [-0.39, 0.29) is 5.41 Å². The fourth-order valence-corrected chi connectivity index (χ4v) is 7.36. The summed E-state index contributed by atoms with van der Waals surface area (Å²) >= 11 is 0. The van der Waals surface area contributed by atoms with Crippen molar-refractivity contribution in [3.05, 3.63) is 162 Å². The molecule has 8 rings (SSSR count). The van der Waals surface area contributed by atoms with Gasteiger partial charge in [-0.15, -0.1) is 0 Å². The number of rotatable bonds is 5. The molecule has 1 aliphatic carbocycles. The molecule has 0 aliphatic heterocycles. The Hall–Kier alpha value is -4.88. The first-order valence-electron chi connectivity index (χ1n) is 15.1. The molecule has 42 heavy (non-hydrogen) atoms. The van der Waals surface area contributed by atoms with Crippen molar-refractivity contribution < 1.29 is 0 Å². The van der Waals surface area contributed by atoms with E-state index in [1.807, 2.05) is 0 Å². The molecule has 1 atom stereocenters. The molecular weight excluding hydrogens is 506 g/mol. The minimum atomic E-state index is 0.0607. The van der Waals surface area contributed by atoms with Gasteiger partial charge in [0.15, 0.2) is 0 Å². The summed E-state index contributed by atoms with van der Waals surface area (Å²) in [5.41, 5.74) is 14.7. The third kappa shape index (κ3) is 3.63. The van der Waals surface area contributed by atoms with Gasteiger partial charge in [-0.25, -0.2) is 0 Å². The second-order valence-electron chi connectivity index (χ2n) is 11.8. The number of hydrogen-bond acceptors (Lipinski definition) is 0. The predicted molar refractivity (Wildman–Crippen MR) is 178 cm³/mol. The molecule has 0 bridgehead atoms. The van der Waals surface area contributed by atoms with Crippen LogP contribution < -0.4 is 0 Å². The van der Waals surface area contributed by atoms with Gasteiger partial charge in [-0.05, 0) is 75.2 Å². The average Bonchev–Trinajstić information content (AvgIpc) is 3.51. The van der Waals surface area contributed by atoms with Crippen molar-refractivity contribution >= 4 is 21.8 Å². The monoisotopic (exact) mass is 539 g/mol. The highest BCUT2D eigenvalue weighted by Gasteiger charge is 2.37. The molecule has 202 valence electrons. The van der Waals surface area contributed by atoms with Gasteiger partial charge in [0, 0.05) is 28.3 Å². The molecule has 1 unspecified atom stereocenters. The molecule has 0 amide bonds. The molecule has 1 heterocycles. The predicted octanol–water partition coefficient (Wildman–Crippen LogP) is 10.7. The van der Waals surface area contributed by atoms with Crippen LogP contribution in [-0.4, -0.2) is 4.57 Å². The van der Waals surface area contributed by atoms with Crippen LogP contribution >= 0.6 is 0 Å². The Balaban J connectivity index is 1.26. The van der Waals surface area contributed by atoms with Crippen LogP contribution in [0.3, 0.4) is 0 Å². The number of hydrogen-bond donors (Lipinski definition) is 0. The second-order valence-corrected chi connectivity index (χ2v) is 11.8. The molecule has 0 saturated heterocycles. The van der Waals surface area contributed by atoms with Gasteiger partial charge in [-0.3, -0.25) is 0 Å². The van der Waals surface area contributed by atoms with Crippen molar-refractivity contribution in [3.63, 3.8) is 0 Å². The van der Waals surface area contributed by atoms with Gasteiger partial charge < -0.3 is 4.57 Å². The van der Waals surface area contributed by atoms with Crippen LogP contribution in [0.1, 0.15) is 42.5 Å². The van der Waals surface area contributed by atoms with Crippen molar-refractivity contribution in [3.8, 4) is 27.9 Å². The first-order valence-corrected chi connectivity index (χ1v) is 15.1. The standard InChI is InChI=1S/C41H33N/c1-3-41(2)36-20-10-7-17-32(36)35-27-29(24-25-37(35)41)31-16-6-4-14-28(31)26-30-15-5-11-21-38(30)42-39-22-12-8-18-33(39)34-19-9-13-23-40(34)42/h4-25,27H,3,26H2,1-2H3. The van der Waals surface area contributed by atoms with Crippen LogP contribution in [0.15, 0.2) is 140 Å². The Kier molecular flexibility index (Phi) is 5.69. The highest BCUT2D eigenvalue weighted by molar-refractivity contribution is 6.09. The Morgan fingerprint density at radius 2 is 1.10 bits per heavy atom. The summed E-state index contributed by atoms with van der Waals surface area (Å²) in [5, 5.41) is 2.58. The van der Waals surface area contributed by atoms with Crippen LogP contribution in [0.4, 0.5) is 0 Å². The molecule has 1 heteroatoms. The summed E-state index contributed by atoms with van der Waals surface area (Å²) in [4.78, 5) is 0. The van der Waals surface area contributed by atoms with Gasteiger partial charge in [0.05, 0.1) is 11.0 Å². The maximum atomic E-state index is 2.44. The summed E-state index contributed by atoms with van der Waals surface area (Å²) in [7, 11) is 0. The summed E-state index contributed by atoms with van der Waals surface area (Å²) in [6.07, 6.45) is 1.94. The third-order valence-electron chi connectivity index (χ3n) is 9.65. The Morgan fingerprint density at radius 3 is 1.83 bits per heavy atom. The molecule has 0 saturated carbocycles. The van der Waals surface area contributed by atoms with Gasteiger partial charge in [-0.2, -0.15) is 0 Å². The number of para-hydroxylation sites is 3. The van der Waals surface area contributed by atoms with Crippen molar-refractivity contribution in [1.82, 2.24) is 4.57 Å². The Labute approximate surface area is 247 Å². The van der Waals surface area contributed by atoms with Crippen LogP contribution in [0.2, 0.25) is 0 Å². The highest BCUT2D eigenvalue weighted by atomic mass is 15.0. The number of nitrogens with zero attached hydrogens (tertiary/aromatic N) is 1. The van der Waals surface area contributed by atoms with E-state index >= 15 is 0 Å². The van der Waals surface area contributed by atoms with Crippen LogP contribution in [0.25, 0.3) is 49.7 Å². The van der Waals surface area contributed by atoms with Gasteiger partial charge in [0.1, 0.15) is 0 Å². The zero-order valence-corrected chi connectivity index (χ0v) is 24.1. The third-order valence-corrected chi connectivity index (χ3v) is 9.65. The van der Waals surface area contributed by atoms with E-state index < -0.39 is 0 Å². The molecule has 0 radical (unpaired) electrons. The van der Waals surface area contributed by atoms with Crippen LogP contribution in [0.5, 0.6) is 0 Å². The molecule has 1 aromatic heterocycles. The maximum Gasteiger partial charge on any atom is 0.0541 e. The molecular formula is C41H33N. The molecule has 0 N–H and O–H groups in total. The molecule has 7 aromatic rings. The average molecular weight is 540 g/mol. The van der Waals surface area contributed by atoms with E-state index in [1.165, 1.54) is 72.0 Å². The largest absolute Gasteiger partial charge is 0.309 e. The summed E-state index contributed by atoms with van der Waals surface area (Å²) in [6.45, 7) is 4.71. The van der Waals surface area contributed by atoms with Gasteiger partial charge in [-0.1, -0.05) is 129 Å². The minimum Gasteiger partial charge on any atom is -0.309 e. The molecule has 0 spiro atoms. The summed E-state index contributed by atoms with van der Waals surface area (Å²) in [6, 6.07) is 51.5. The Morgan fingerprint density at radius 1 is 0.524 bits per heavy atom. The van der Waals surface area contributed by atoms with E-state index in [4.69, 9.17) is 0 Å². The van der Waals surface area contributed by atoms with E-state index in [0.29, 0.717) is 0 Å². The second kappa shape index (κ2) is 9.60. The van der Waals surface area contributed by atoms with Crippen LogP contribution in [0, 0.1) is 0 Å².